The maximum atomic E-state index is 13.4. The van der Waals surface area contributed by atoms with E-state index in [-0.39, 0.29) is 17.0 Å². The van der Waals surface area contributed by atoms with E-state index in [4.69, 9.17) is 0 Å². The number of carbonyl (C=O) groups excluding carboxylic acids is 1. The van der Waals surface area contributed by atoms with Gasteiger partial charge in [-0.05, 0) is 25.8 Å². The van der Waals surface area contributed by atoms with Gasteiger partial charge in [-0.25, -0.2) is 8.78 Å². The molecule has 0 radical (unpaired) electrons. The molecule has 1 unspecified atom stereocenters. The fourth-order valence-electron chi connectivity index (χ4n) is 2.82. The number of rotatable bonds is 1. The number of aromatic nitrogens is 1. The lowest BCUT2D eigenvalue weighted by molar-refractivity contribution is 0.112. The van der Waals surface area contributed by atoms with Crippen LogP contribution >= 0.6 is 0 Å². The lowest BCUT2D eigenvalue weighted by Gasteiger charge is -2.15. The molecular formula is C14H11F2NO2. The number of nitrogens with zero attached hydrogens (tertiary/aromatic N) is 1. The number of benzene rings is 1. The van der Waals surface area contributed by atoms with Crippen molar-refractivity contribution in [2.75, 3.05) is 0 Å². The van der Waals surface area contributed by atoms with E-state index in [0.717, 1.165) is 18.6 Å². The summed E-state index contributed by atoms with van der Waals surface area (Å²) in [6, 6.07) is 1.96. The monoisotopic (exact) mass is 263 g/mol. The number of pyridine rings is 1. The second-order valence-electron chi connectivity index (χ2n) is 4.85. The van der Waals surface area contributed by atoms with Gasteiger partial charge in [-0.2, -0.15) is 0 Å². The second kappa shape index (κ2) is 3.98. The van der Waals surface area contributed by atoms with Gasteiger partial charge >= 0.3 is 0 Å². The van der Waals surface area contributed by atoms with Crippen molar-refractivity contribution in [2.24, 2.45) is 0 Å². The van der Waals surface area contributed by atoms with Crippen molar-refractivity contribution < 1.29 is 13.6 Å². The normalized spacial score (nSPS) is 17.7. The zero-order valence-corrected chi connectivity index (χ0v) is 10.2. The van der Waals surface area contributed by atoms with Crippen LogP contribution in [0.15, 0.2) is 16.9 Å². The molecule has 0 amide bonds. The van der Waals surface area contributed by atoms with Gasteiger partial charge in [0.1, 0.15) is 0 Å². The minimum atomic E-state index is -1.08. The Labute approximate surface area is 107 Å². The van der Waals surface area contributed by atoms with Gasteiger partial charge in [0.15, 0.2) is 23.3 Å². The first-order valence-electron chi connectivity index (χ1n) is 6.06. The van der Waals surface area contributed by atoms with Crippen molar-refractivity contribution in [3.05, 3.63) is 45.2 Å². The Balaban J connectivity index is 2.57. The Kier molecular flexibility index (Phi) is 2.52. The number of fused-ring (bicyclic) bond motifs is 3. The third-order valence-electron chi connectivity index (χ3n) is 3.75. The molecule has 0 aliphatic carbocycles. The van der Waals surface area contributed by atoms with Crippen LogP contribution in [0.1, 0.15) is 35.4 Å². The van der Waals surface area contributed by atoms with Crippen molar-refractivity contribution in [3.63, 3.8) is 0 Å². The molecule has 0 bridgehead atoms. The van der Waals surface area contributed by atoms with E-state index in [9.17, 15) is 18.4 Å². The molecule has 3 rings (SSSR count). The van der Waals surface area contributed by atoms with Crippen molar-refractivity contribution in [2.45, 2.75) is 25.8 Å². The number of hydrogen-bond acceptors (Lipinski definition) is 2. The Morgan fingerprint density at radius 3 is 2.68 bits per heavy atom. The third-order valence-corrected chi connectivity index (χ3v) is 3.75. The van der Waals surface area contributed by atoms with E-state index < -0.39 is 17.1 Å². The molecule has 2 heterocycles. The van der Waals surface area contributed by atoms with Gasteiger partial charge in [0.2, 0.25) is 0 Å². The molecule has 3 nitrogen and oxygen atoms in total. The van der Waals surface area contributed by atoms with Gasteiger partial charge in [-0.1, -0.05) is 0 Å². The highest BCUT2D eigenvalue weighted by molar-refractivity contribution is 5.88. The van der Waals surface area contributed by atoms with E-state index in [1.165, 1.54) is 0 Å². The molecule has 0 fully saturated rings. The molecule has 1 aliphatic heterocycles. The summed E-state index contributed by atoms with van der Waals surface area (Å²) in [7, 11) is 0. The van der Waals surface area contributed by atoms with Gasteiger partial charge in [0.05, 0.1) is 11.1 Å². The van der Waals surface area contributed by atoms with Crippen LogP contribution in [0.2, 0.25) is 0 Å². The van der Waals surface area contributed by atoms with Crippen molar-refractivity contribution >= 4 is 17.2 Å². The third kappa shape index (κ3) is 1.54. The van der Waals surface area contributed by atoms with Crippen LogP contribution in [-0.2, 0) is 6.42 Å². The molecule has 1 aliphatic rings. The molecule has 98 valence electrons. The van der Waals surface area contributed by atoms with Crippen LogP contribution in [0.25, 0.3) is 10.9 Å². The van der Waals surface area contributed by atoms with Gasteiger partial charge in [-0.15, -0.1) is 0 Å². The quantitative estimate of drug-likeness (QED) is 0.742. The zero-order chi connectivity index (χ0) is 13.7. The Bertz CT molecular complexity index is 764. The minimum Gasteiger partial charge on any atom is -0.341 e. The number of aldehydes is 1. The molecule has 0 spiro atoms. The molecule has 19 heavy (non-hydrogen) atoms. The lowest BCUT2D eigenvalue weighted by Crippen LogP contribution is -2.18. The van der Waals surface area contributed by atoms with Gasteiger partial charge in [0, 0.05) is 23.2 Å². The maximum Gasteiger partial charge on any atom is 0.200 e. The summed E-state index contributed by atoms with van der Waals surface area (Å²) < 4.78 is 28.5. The van der Waals surface area contributed by atoms with Crippen molar-refractivity contribution in [1.82, 2.24) is 4.57 Å². The number of hydrogen-bond donors (Lipinski definition) is 0. The summed E-state index contributed by atoms with van der Waals surface area (Å²) in [6.45, 7) is 1.93. The van der Waals surface area contributed by atoms with E-state index in [1.807, 2.05) is 6.92 Å². The van der Waals surface area contributed by atoms with E-state index in [0.29, 0.717) is 23.9 Å². The molecule has 0 saturated heterocycles. The fraction of sp³-hybridized carbons (Fsp3) is 0.286. The van der Waals surface area contributed by atoms with Crippen LogP contribution in [0.5, 0.6) is 0 Å². The summed E-state index contributed by atoms with van der Waals surface area (Å²) in [5.41, 5.74) is 0.507. The summed E-state index contributed by atoms with van der Waals surface area (Å²) in [5.74, 6) is -2.06. The average Bonchev–Trinajstić information content (AvgIpc) is 2.75. The topological polar surface area (TPSA) is 39.1 Å². The van der Waals surface area contributed by atoms with Gasteiger partial charge in [-0.3, -0.25) is 9.59 Å². The van der Waals surface area contributed by atoms with Crippen LogP contribution < -0.4 is 5.43 Å². The Hall–Kier alpha value is -2.04. The molecule has 1 aromatic heterocycles. The highest BCUT2D eigenvalue weighted by Crippen LogP contribution is 2.31. The predicted molar refractivity (Wildman–Crippen MR) is 66.5 cm³/mol. The standard InChI is InChI=1S/C14H11F2NO2/c1-7-2-3-12-9(6-18)14(19)8-4-10(15)11(16)5-13(8)17(7)12/h4-7H,2-3H2,1H3. The van der Waals surface area contributed by atoms with Crippen LogP contribution in [0.3, 0.4) is 0 Å². The highest BCUT2D eigenvalue weighted by Gasteiger charge is 2.25. The SMILES string of the molecule is CC1CCc2c(C=O)c(=O)c3cc(F)c(F)cc3n21. The summed E-state index contributed by atoms with van der Waals surface area (Å²) >= 11 is 0. The van der Waals surface area contributed by atoms with E-state index >= 15 is 0 Å². The molecule has 1 atom stereocenters. The van der Waals surface area contributed by atoms with Gasteiger partial charge < -0.3 is 4.57 Å². The summed E-state index contributed by atoms with van der Waals surface area (Å²) in [5, 5.41) is 0.0542. The molecule has 0 saturated carbocycles. The Morgan fingerprint density at radius 2 is 2.00 bits per heavy atom. The first-order valence-corrected chi connectivity index (χ1v) is 6.06. The zero-order valence-electron chi connectivity index (χ0n) is 10.2. The van der Waals surface area contributed by atoms with Crippen LogP contribution in [0.4, 0.5) is 8.78 Å². The maximum absolute atomic E-state index is 13.4. The number of carbonyl (C=O) groups is 1. The highest BCUT2D eigenvalue weighted by atomic mass is 19.2. The first kappa shape index (κ1) is 12.0. The second-order valence-corrected chi connectivity index (χ2v) is 4.85. The summed E-state index contributed by atoms with van der Waals surface area (Å²) in [4.78, 5) is 23.3. The average molecular weight is 263 g/mol. The van der Waals surface area contributed by atoms with E-state index in [1.54, 1.807) is 4.57 Å². The minimum absolute atomic E-state index is 0.0542. The van der Waals surface area contributed by atoms with E-state index in [2.05, 4.69) is 0 Å². The molecular weight excluding hydrogens is 252 g/mol. The largest absolute Gasteiger partial charge is 0.341 e. The lowest BCUT2D eigenvalue weighted by atomic mass is 10.1. The van der Waals surface area contributed by atoms with Crippen molar-refractivity contribution in [3.8, 4) is 0 Å². The van der Waals surface area contributed by atoms with Crippen LogP contribution in [0, 0.1) is 11.6 Å². The first-order chi connectivity index (χ1) is 9.04. The summed E-state index contributed by atoms with van der Waals surface area (Å²) in [6.07, 6.45) is 1.88. The smallest absolute Gasteiger partial charge is 0.200 e. The van der Waals surface area contributed by atoms with Gasteiger partial charge in [0.25, 0.3) is 0 Å². The molecule has 0 N–H and O–H groups in total. The number of halogens is 2. The molecule has 5 heteroatoms. The van der Waals surface area contributed by atoms with Crippen LogP contribution in [-0.4, -0.2) is 10.9 Å². The molecule has 1 aromatic carbocycles. The predicted octanol–water partition coefficient (Wildman–Crippen LogP) is 2.60. The van der Waals surface area contributed by atoms with Crippen molar-refractivity contribution in [1.29, 1.82) is 0 Å². The molecule has 2 aromatic rings. The Morgan fingerprint density at radius 1 is 1.32 bits per heavy atom. The fourth-order valence-corrected chi connectivity index (χ4v) is 2.82.